The molecule has 1 heterocycles. The van der Waals surface area contributed by atoms with Crippen LogP contribution < -0.4 is 10.1 Å². The van der Waals surface area contributed by atoms with Gasteiger partial charge in [-0.05, 0) is 53.6 Å². The first kappa shape index (κ1) is 23.8. The smallest absolute Gasteiger partial charge is 0.387 e. The number of esters is 1. The molecule has 10 heteroatoms. The molecule has 0 aliphatic rings. The van der Waals surface area contributed by atoms with E-state index < -0.39 is 24.3 Å². The molecule has 0 unspecified atom stereocenters. The zero-order chi connectivity index (χ0) is 24.9. The van der Waals surface area contributed by atoms with Crippen molar-refractivity contribution in [3.05, 3.63) is 94.9 Å². The fourth-order valence-electron chi connectivity index (χ4n) is 3.53. The Balaban J connectivity index is 1.53. The van der Waals surface area contributed by atoms with Crippen LogP contribution in [0.3, 0.4) is 0 Å². The molecule has 35 heavy (non-hydrogen) atoms. The zero-order valence-corrected chi connectivity index (χ0v) is 18.5. The Hall–Kier alpha value is -4.34. The average molecular weight is 483 g/mol. The van der Waals surface area contributed by atoms with Crippen LogP contribution in [0, 0.1) is 5.82 Å². The minimum atomic E-state index is -2.92. The van der Waals surface area contributed by atoms with Crippen molar-refractivity contribution in [2.75, 3.05) is 7.11 Å². The van der Waals surface area contributed by atoms with Gasteiger partial charge in [0, 0.05) is 11.9 Å². The summed E-state index contributed by atoms with van der Waals surface area (Å²) in [7, 11) is 1.29. The molecule has 0 aliphatic heterocycles. The first-order valence-corrected chi connectivity index (χ1v) is 10.5. The molecule has 4 rings (SSSR count). The second kappa shape index (κ2) is 10.3. The largest absolute Gasteiger partial charge is 0.465 e. The summed E-state index contributed by atoms with van der Waals surface area (Å²) >= 11 is 0. The Morgan fingerprint density at radius 3 is 2.34 bits per heavy atom. The van der Waals surface area contributed by atoms with Crippen molar-refractivity contribution in [3.63, 3.8) is 0 Å². The molecule has 0 atom stereocenters. The lowest BCUT2D eigenvalue weighted by molar-refractivity contribution is -0.0498. The van der Waals surface area contributed by atoms with Crippen molar-refractivity contribution < 1.29 is 32.2 Å². The van der Waals surface area contributed by atoms with Gasteiger partial charge in [0.25, 0.3) is 5.91 Å². The van der Waals surface area contributed by atoms with Gasteiger partial charge in [0.05, 0.1) is 24.7 Å². The number of amides is 1. The summed E-state index contributed by atoms with van der Waals surface area (Å²) in [6.45, 7) is -2.53. The molecule has 180 valence electrons. The highest BCUT2D eigenvalue weighted by Gasteiger charge is 2.18. The van der Waals surface area contributed by atoms with E-state index in [2.05, 4.69) is 19.9 Å². The monoisotopic (exact) mass is 483 g/mol. The molecule has 0 radical (unpaired) electrons. The van der Waals surface area contributed by atoms with Crippen molar-refractivity contribution in [2.45, 2.75) is 19.7 Å². The van der Waals surface area contributed by atoms with E-state index in [-0.39, 0.29) is 24.5 Å². The number of nitrogens with one attached hydrogen (secondary N) is 1. The average Bonchev–Trinajstić information content (AvgIpc) is 3.20. The van der Waals surface area contributed by atoms with Crippen LogP contribution in [-0.4, -0.2) is 35.4 Å². The number of hydrogen-bond acceptors (Lipinski definition) is 5. The number of alkyl halides is 2. The number of ether oxygens (including phenoxy) is 2. The first-order chi connectivity index (χ1) is 16.8. The third kappa shape index (κ3) is 5.60. The van der Waals surface area contributed by atoms with Crippen molar-refractivity contribution in [3.8, 4) is 5.75 Å². The van der Waals surface area contributed by atoms with Crippen LogP contribution in [0.4, 0.5) is 13.2 Å². The fourth-order valence-corrected chi connectivity index (χ4v) is 3.53. The molecule has 0 fully saturated rings. The Bertz CT molecular complexity index is 1350. The fraction of sp³-hybridized carbons (Fsp3) is 0.160. The first-order valence-electron chi connectivity index (χ1n) is 10.5. The van der Waals surface area contributed by atoms with E-state index in [0.29, 0.717) is 16.5 Å². The maximum Gasteiger partial charge on any atom is 0.387 e. The van der Waals surface area contributed by atoms with E-state index in [4.69, 9.17) is 0 Å². The van der Waals surface area contributed by atoms with Crippen molar-refractivity contribution in [2.24, 2.45) is 0 Å². The summed E-state index contributed by atoms with van der Waals surface area (Å²) in [5, 5.41) is 7.47. The Morgan fingerprint density at radius 2 is 1.69 bits per heavy atom. The Kier molecular flexibility index (Phi) is 7.00. The summed E-state index contributed by atoms with van der Waals surface area (Å²) in [4.78, 5) is 24.5. The van der Waals surface area contributed by atoms with E-state index in [1.54, 1.807) is 36.4 Å². The number of aromatic nitrogens is 2. The molecule has 7 nitrogen and oxygen atoms in total. The molecule has 0 saturated carbocycles. The zero-order valence-electron chi connectivity index (χ0n) is 18.5. The van der Waals surface area contributed by atoms with Crippen LogP contribution in [0.1, 0.15) is 32.0 Å². The molecule has 0 saturated heterocycles. The lowest BCUT2D eigenvalue weighted by atomic mass is 10.1. The second-order valence-electron chi connectivity index (χ2n) is 7.56. The standard InChI is InChI=1S/C25H20F3N3O4/c1-34-24(33)17-6-2-15(3-7-17)13-29-23(32)22-20-12-18(26)8-11-21(20)31(30-22)14-16-4-9-19(10-5-16)35-25(27)28/h2-12,25H,13-14H2,1H3,(H,29,32). The van der Waals surface area contributed by atoms with Gasteiger partial charge in [0.1, 0.15) is 11.6 Å². The van der Waals surface area contributed by atoms with E-state index in [1.807, 2.05) is 0 Å². The van der Waals surface area contributed by atoms with Crippen LogP contribution in [0.25, 0.3) is 10.9 Å². The van der Waals surface area contributed by atoms with Crippen molar-refractivity contribution >= 4 is 22.8 Å². The molecule has 0 spiro atoms. The molecule has 3 aromatic carbocycles. The number of benzene rings is 3. The number of fused-ring (bicyclic) bond motifs is 1. The van der Waals surface area contributed by atoms with Gasteiger partial charge in [-0.3, -0.25) is 9.48 Å². The molecule has 1 aromatic heterocycles. The molecule has 1 amide bonds. The summed E-state index contributed by atoms with van der Waals surface area (Å²) < 4.78 is 49.3. The van der Waals surface area contributed by atoms with Gasteiger partial charge in [-0.1, -0.05) is 24.3 Å². The number of methoxy groups -OCH3 is 1. The van der Waals surface area contributed by atoms with Crippen molar-refractivity contribution in [1.82, 2.24) is 15.1 Å². The summed E-state index contributed by atoms with van der Waals surface area (Å²) in [5.74, 6) is -1.46. The van der Waals surface area contributed by atoms with Crippen LogP contribution in [-0.2, 0) is 17.8 Å². The van der Waals surface area contributed by atoms with Crippen LogP contribution in [0.15, 0.2) is 66.7 Å². The molecule has 0 bridgehead atoms. The third-order valence-corrected chi connectivity index (χ3v) is 5.24. The number of carbonyl (C=O) groups excluding carboxylic acids is 2. The van der Waals surface area contributed by atoms with E-state index in [9.17, 15) is 22.8 Å². The molecule has 0 aliphatic carbocycles. The van der Waals surface area contributed by atoms with Gasteiger partial charge in [0.15, 0.2) is 5.69 Å². The van der Waals surface area contributed by atoms with Gasteiger partial charge in [-0.25, -0.2) is 9.18 Å². The molecular weight excluding hydrogens is 463 g/mol. The lowest BCUT2D eigenvalue weighted by Gasteiger charge is -2.07. The van der Waals surface area contributed by atoms with Crippen LogP contribution >= 0.6 is 0 Å². The third-order valence-electron chi connectivity index (χ3n) is 5.24. The Morgan fingerprint density at radius 1 is 1.00 bits per heavy atom. The molecular formula is C25H20F3N3O4. The summed E-state index contributed by atoms with van der Waals surface area (Å²) in [6.07, 6.45) is 0. The van der Waals surface area contributed by atoms with Crippen LogP contribution in [0.2, 0.25) is 0 Å². The predicted molar refractivity (Wildman–Crippen MR) is 121 cm³/mol. The van der Waals surface area contributed by atoms with Gasteiger partial charge < -0.3 is 14.8 Å². The van der Waals surface area contributed by atoms with Gasteiger partial charge >= 0.3 is 12.6 Å². The summed E-state index contributed by atoms with van der Waals surface area (Å²) in [5.41, 5.74) is 2.43. The SMILES string of the molecule is COC(=O)c1ccc(CNC(=O)c2nn(Cc3ccc(OC(F)F)cc3)c3ccc(F)cc23)cc1. The molecule has 4 aromatic rings. The number of rotatable bonds is 8. The van der Waals surface area contributed by atoms with Crippen molar-refractivity contribution in [1.29, 1.82) is 0 Å². The molecule has 1 N–H and O–H groups in total. The highest BCUT2D eigenvalue weighted by atomic mass is 19.3. The minimum absolute atomic E-state index is 0.0239. The number of nitrogens with zero attached hydrogens (tertiary/aromatic N) is 2. The maximum atomic E-state index is 14.0. The highest BCUT2D eigenvalue weighted by Crippen LogP contribution is 2.22. The normalized spacial score (nSPS) is 11.0. The Labute approximate surface area is 198 Å². The lowest BCUT2D eigenvalue weighted by Crippen LogP contribution is -2.23. The minimum Gasteiger partial charge on any atom is -0.465 e. The van der Waals surface area contributed by atoms with Gasteiger partial charge in [-0.15, -0.1) is 0 Å². The number of hydrogen-bond donors (Lipinski definition) is 1. The predicted octanol–water partition coefficient (Wildman–Crippen LogP) is 4.54. The van der Waals surface area contributed by atoms with E-state index in [1.165, 1.54) is 42.1 Å². The number of carbonyl (C=O) groups is 2. The van der Waals surface area contributed by atoms with Gasteiger partial charge in [-0.2, -0.15) is 13.9 Å². The second-order valence-corrected chi connectivity index (χ2v) is 7.56. The van der Waals surface area contributed by atoms with Crippen LogP contribution in [0.5, 0.6) is 5.75 Å². The van der Waals surface area contributed by atoms with E-state index >= 15 is 0 Å². The number of halogens is 3. The highest BCUT2D eigenvalue weighted by molar-refractivity contribution is 6.04. The van der Waals surface area contributed by atoms with E-state index in [0.717, 1.165) is 11.1 Å². The quantitative estimate of drug-likeness (QED) is 0.372. The topological polar surface area (TPSA) is 82.5 Å². The maximum absolute atomic E-state index is 14.0. The van der Waals surface area contributed by atoms with Gasteiger partial charge in [0.2, 0.25) is 0 Å². The summed E-state index contributed by atoms with van der Waals surface area (Å²) in [6, 6.07) is 16.6.